The molecule has 2 aliphatic carbocycles. The summed E-state index contributed by atoms with van der Waals surface area (Å²) in [5.74, 6) is 0. The zero-order valence-electron chi connectivity index (χ0n) is 11.3. The highest BCUT2D eigenvalue weighted by molar-refractivity contribution is 5.73. The number of hydrogen-bond acceptors (Lipinski definition) is 2. The highest BCUT2D eigenvalue weighted by atomic mass is 16.3. The SMILES string of the molecule is C=CCCC[C@]12C(C)(C)[C@@]1(C=O)CC[C@@]2(C)O. The lowest BCUT2D eigenvalue weighted by Crippen LogP contribution is -2.37. The van der Waals surface area contributed by atoms with Gasteiger partial charge in [0.2, 0.25) is 0 Å². The van der Waals surface area contributed by atoms with Crippen molar-refractivity contribution in [2.24, 2.45) is 16.2 Å². The summed E-state index contributed by atoms with van der Waals surface area (Å²) in [5.41, 5.74) is -1.26. The molecule has 3 atom stereocenters. The Bertz CT molecular complexity index is 356. The Morgan fingerprint density at radius 2 is 1.94 bits per heavy atom. The second kappa shape index (κ2) is 3.44. The summed E-state index contributed by atoms with van der Waals surface area (Å²) in [7, 11) is 0. The highest BCUT2D eigenvalue weighted by Gasteiger charge is 2.89. The molecule has 0 bridgehead atoms. The molecule has 2 rings (SSSR count). The van der Waals surface area contributed by atoms with E-state index < -0.39 is 5.60 Å². The Balaban J connectivity index is 2.32. The van der Waals surface area contributed by atoms with Crippen LogP contribution in [0.3, 0.4) is 0 Å². The average Bonchev–Trinajstić information content (AvgIpc) is 2.53. The van der Waals surface area contributed by atoms with E-state index in [-0.39, 0.29) is 16.2 Å². The molecule has 2 heteroatoms. The zero-order valence-corrected chi connectivity index (χ0v) is 11.3. The molecule has 0 radical (unpaired) electrons. The van der Waals surface area contributed by atoms with Crippen LogP contribution in [0.5, 0.6) is 0 Å². The first-order valence-corrected chi connectivity index (χ1v) is 6.63. The second-order valence-electron chi connectivity index (χ2n) is 6.57. The van der Waals surface area contributed by atoms with E-state index in [1.165, 1.54) is 0 Å². The van der Waals surface area contributed by atoms with E-state index in [0.29, 0.717) is 0 Å². The molecule has 0 aromatic carbocycles. The quantitative estimate of drug-likeness (QED) is 0.452. The van der Waals surface area contributed by atoms with Crippen molar-refractivity contribution in [3.8, 4) is 0 Å². The van der Waals surface area contributed by atoms with Crippen molar-refractivity contribution < 1.29 is 9.90 Å². The molecule has 0 amide bonds. The van der Waals surface area contributed by atoms with Gasteiger partial charge in [0.1, 0.15) is 6.29 Å². The van der Waals surface area contributed by atoms with Crippen molar-refractivity contribution in [3.05, 3.63) is 12.7 Å². The Hall–Kier alpha value is -0.630. The van der Waals surface area contributed by atoms with Crippen LogP contribution < -0.4 is 0 Å². The second-order valence-corrected chi connectivity index (χ2v) is 6.57. The van der Waals surface area contributed by atoms with Crippen molar-refractivity contribution in [3.63, 3.8) is 0 Å². The third kappa shape index (κ3) is 1.13. The van der Waals surface area contributed by atoms with Crippen LogP contribution in [-0.2, 0) is 4.79 Å². The molecule has 0 aromatic rings. The van der Waals surface area contributed by atoms with E-state index >= 15 is 0 Å². The Labute approximate surface area is 104 Å². The van der Waals surface area contributed by atoms with Crippen molar-refractivity contribution in [2.75, 3.05) is 0 Å². The summed E-state index contributed by atoms with van der Waals surface area (Å²) in [6.45, 7) is 9.94. The Morgan fingerprint density at radius 3 is 2.41 bits per heavy atom. The van der Waals surface area contributed by atoms with E-state index in [9.17, 15) is 9.90 Å². The molecule has 17 heavy (non-hydrogen) atoms. The van der Waals surface area contributed by atoms with Gasteiger partial charge in [-0.3, -0.25) is 0 Å². The van der Waals surface area contributed by atoms with Crippen LogP contribution in [0.4, 0.5) is 0 Å². The fourth-order valence-electron chi connectivity index (χ4n) is 5.05. The van der Waals surface area contributed by atoms with Crippen LogP contribution in [0.25, 0.3) is 0 Å². The number of rotatable bonds is 5. The summed E-state index contributed by atoms with van der Waals surface area (Å²) in [5, 5.41) is 10.7. The molecule has 2 nitrogen and oxygen atoms in total. The molecule has 0 spiro atoms. The van der Waals surface area contributed by atoms with Crippen LogP contribution in [-0.4, -0.2) is 17.0 Å². The minimum Gasteiger partial charge on any atom is -0.390 e. The van der Waals surface area contributed by atoms with Crippen molar-refractivity contribution >= 4 is 6.29 Å². The summed E-state index contributed by atoms with van der Waals surface area (Å²) in [4.78, 5) is 11.6. The Kier molecular flexibility index (Phi) is 2.59. The van der Waals surface area contributed by atoms with Gasteiger partial charge in [-0.2, -0.15) is 0 Å². The van der Waals surface area contributed by atoms with Crippen LogP contribution in [0, 0.1) is 16.2 Å². The van der Waals surface area contributed by atoms with Crippen molar-refractivity contribution in [1.82, 2.24) is 0 Å². The number of unbranched alkanes of at least 4 members (excludes halogenated alkanes) is 1. The van der Waals surface area contributed by atoms with Gasteiger partial charge in [-0.25, -0.2) is 0 Å². The number of fused-ring (bicyclic) bond motifs is 1. The summed E-state index contributed by atoms with van der Waals surface area (Å²) < 4.78 is 0. The van der Waals surface area contributed by atoms with Crippen LogP contribution in [0.1, 0.15) is 52.9 Å². The minimum atomic E-state index is -0.696. The molecule has 0 aromatic heterocycles. The van der Waals surface area contributed by atoms with Crippen LogP contribution in [0.2, 0.25) is 0 Å². The zero-order chi connectivity index (χ0) is 12.9. The molecule has 0 aliphatic heterocycles. The number of allylic oxidation sites excluding steroid dienone is 1. The lowest BCUT2D eigenvalue weighted by molar-refractivity contribution is -0.114. The highest BCUT2D eigenvalue weighted by Crippen LogP contribution is 2.88. The van der Waals surface area contributed by atoms with Gasteiger partial charge >= 0.3 is 0 Å². The van der Waals surface area contributed by atoms with Crippen molar-refractivity contribution in [1.29, 1.82) is 0 Å². The summed E-state index contributed by atoms with van der Waals surface area (Å²) in [6.07, 6.45) is 7.54. The number of hydrogen-bond donors (Lipinski definition) is 1. The lowest BCUT2D eigenvalue weighted by Gasteiger charge is -2.34. The number of carbonyl (C=O) groups excluding carboxylic acids is 1. The normalized spacial score (nSPS) is 46.4. The lowest BCUT2D eigenvalue weighted by atomic mass is 9.76. The first kappa shape index (κ1) is 12.8. The predicted octanol–water partition coefficient (Wildman–Crippen LogP) is 3.10. The minimum absolute atomic E-state index is 0.0648. The van der Waals surface area contributed by atoms with Gasteiger partial charge in [-0.15, -0.1) is 6.58 Å². The van der Waals surface area contributed by atoms with E-state index in [0.717, 1.165) is 38.4 Å². The molecule has 0 saturated heterocycles. The molecular weight excluding hydrogens is 212 g/mol. The predicted molar refractivity (Wildman–Crippen MR) is 68.6 cm³/mol. The average molecular weight is 236 g/mol. The third-order valence-electron chi connectivity index (χ3n) is 5.97. The van der Waals surface area contributed by atoms with Gasteiger partial charge < -0.3 is 9.90 Å². The monoisotopic (exact) mass is 236 g/mol. The van der Waals surface area contributed by atoms with E-state index in [1.807, 2.05) is 13.0 Å². The maximum atomic E-state index is 11.6. The molecule has 2 aliphatic rings. The van der Waals surface area contributed by atoms with E-state index in [4.69, 9.17) is 0 Å². The van der Waals surface area contributed by atoms with Gasteiger partial charge in [0.05, 0.1) is 5.60 Å². The smallest absolute Gasteiger partial charge is 0.127 e. The summed E-state index contributed by atoms with van der Waals surface area (Å²) in [6, 6.07) is 0. The molecule has 0 unspecified atom stereocenters. The van der Waals surface area contributed by atoms with Crippen molar-refractivity contribution in [2.45, 2.75) is 58.5 Å². The third-order valence-corrected chi connectivity index (χ3v) is 5.97. The topological polar surface area (TPSA) is 37.3 Å². The van der Waals surface area contributed by atoms with Gasteiger partial charge in [0, 0.05) is 10.8 Å². The van der Waals surface area contributed by atoms with Gasteiger partial charge in [0.15, 0.2) is 0 Å². The molecule has 96 valence electrons. The number of aldehydes is 1. The molecule has 0 heterocycles. The van der Waals surface area contributed by atoms with E-state index in [1.54, 1.807) is 0 Å². The van der Waals surface area contributed by atoms with Gasteiger partial charge in [-0.05, 0) is 44.4 Å². The van der Waals surface area contributed by atoms with E-state index in [2.05, 4.69) is 20.4 Å². The first-order valence-electron chi connectivity index (χ1n) is 6.63. The largest absolute Gasteiger partial charge is 0.390 e. The fraction of sp³-hybridized carbons (Fsp3) is 0.800. The molecule has 2 fully saturated rings. The number of carbonyl (C=O) groups is 1. The van der Waals surface area contributed by atoms with Gasteiger partial charge in [0.25, 0.3) is 0 Å². The van der Waals surface area contributed by atoms with Gasteiger partial charge in [-0.1, -0.05) is 19.9 Å². The number of aliphatic hydroxyl groups is 1. The van der Waals surface area contributed by atoms with Crippen LogP contribution >= 0.6 is 0 Å². The first-order chi connectivity index (χ1) is 7.83. The maximum absolute atomic E-state index is 11.6. The molecule has 1 N–H and O–H groups in total. The maximum Gasteiger partial charge on any atom is 0.127 e. The van der Waals surface area contributed by atoms with Crippen LogP contribution in [0.15, 0.2) is 12.7 Å². The standard InChI is InChI=1S/C15H24O2/c1-5-6-7-8-15-12(2,3)14(15,11-16)10-9-13(15,4)17/h5,11,17H,1,6-10H2,2-4H3/t13-,14+,15-/m1/s1. The Morgan fingerprint density at radius 1 is 1.29 bits per heavy atom. The fourth-order valence-corrected chi connectivity index (χ4v) is 5.05. The molecule has 2 saturated carbocycles. The summed E-state index contributed by atoms with van der Waals surface area (Å²) >= 11 is 0. The molecular formula is C15H24O2.